The summed E-state index contributed by atoms with van der Waals surface area (Å²) in [5, 5.41) is 3.00. The highest BCUT2D eigenvalue weighted by molar-refractivity contribution is 6.04. The van der Waals surface area contributed by atoms with E-state index in [2.05, 4.69) is 17.2 Å². The minimum atomic E-state index is -0.114. The number of imidazole rings is 1. The lowest BCUT2D eigenvalue weighted by Crippen LogP contribution is -2.16. The highest BCUT2D eigenvalue weighted by Gasteiger charge is 2.19. The first kappa shape index (κ1) is 15.3. The molecule has 0 aliphatic rings. The molecule has 3 aromatic rings. The quantitative estimate of drug-likeness (QED) is 0.787. The van der Waals surface area contributed by atoms with Gasteiger partial charge < -0.3 is 5.32 Å². The summed E-state index contributed by atoms with van der Waals surface area (Å²) in [5.74, 6) is -0.114. The van der Waals surface area contributed by atoms with Crippen LogP contribution in [0.2, 0.25) is 0 Å². The lowest BCUT2D eigenvalue weighted by atomic mass is 10.2. The summed E-state index contributed by atoms with van der Waals surface area (Å²) < 4.78 is 1.89. The van der Waals surface area contributed by atoms with Crippen molar-refractivity contribution in [3.8, 4) is 0 Å². The Hall–Kier alpha value is -2.62. The Bertz CT molecular complexity index is 864. The molecule has 0 saturated heterocycles. The lowest BCUT2D eigenvalue weighted by molar-refractivity contribution is 0.102. The lowest BCUT2D eigenvalue weighted by Gasteiger charge is -2.08. The molecule has 0 unspecified atom stereocenters. The molecule has 23 heavy (non-hydrogen) atoms. The van der Waals surface area contributed by atoms with Crippen LogP contribution in [0.4, 0.5) is 5.69 Å². The Labute approximate surface area is 136 Å². The number of aryl methyl sites for hydroxylation is 3. The van der Waals surface area contributed by atoms with Gasteiger partial charge in [0.25, 0.3) is 5.91 Å². The molecule has 1 aromatic carbocycles. The summed E-state index contributed by atoms with van der Waals surface area (Å²) in [6.45, 7) is 6.12. The maximum absolute atomic E-state index is 12.8. The van der Waals surface area contributed by atoms with Gasteiger partial charge in [0.05, 0.1) is 5.69 Å². The van der Waals surface area contributed by atoms with Crippen LogP contribution in [0.1, 0.15) is 40.7 Å². The van der Waals surface area contributed by atoms with Crippen molar-refractivity contribution in [2.75, 3.05) is 5.32 Å². The maximum Gasteiger partial charge on any atom is 0.274 e. The van der Waals surface area contributed by atoms with Crippen LogP contribution >= 0.6 is 0 Å². The minimum Gasteiger partial charge on any atom is -0.321 e. The standard InChI is InChI=1S/C19H21N3O/c1-4-7-16-17(22-11-6-9-14(3)18(22)21-16)19(23)20-15-10-5-8-13(2)12-15/h5-6,8-12H,4,7H2,1-3H3,(H,20,23). The van der Waals surface area contributed by atoms with Crippen LogP contribution in [0.3, 0.4) is 0 Å². The fourth-order valence-electron chi connectivity index (χ4n) is 2.82. The summed E-state index contributed by atoms with van der Waals surface area (Å²) in [7, 11) is 0. The number of nitrogens with zero attached hydrogens (tertiary/aromatic N) is 2. The van der Waals surface area contributed by atoms with E-state index in [0.29, 0.717) is 5.69 Å². The average Bonchev–Trinajstić information content (AvgIpc) is 2.87. The third-order valence-corrected chi connectivity index (χ3v) is 3.90. The van der Waals surface area contributed by atoms with Gasteiger partial charge >= 0.3 is 0 Å². The number of nitrogens with one attached hydrogen (secondary N) is 1. The molecule has 2 heterocycles. The van der Waals surface area contributed by atoms with Crippen LogP contribution in [-0.2, 0) is 6.42 Å². The number of benzene rings is 1. The Morgan fingerprint density at radius 2 is 2.04 bits per heavy atom. The number of pyridine rings is 1. The van der Waals surface area contributed by atoms with E-state index in [1.54, 1.807) is 0 Å². The van der Waals surface area contributed by atoms with Gasteiger partial charge in [-0.3, -0.25) is 9.20 Å². The second-order valence-electron chi connectivity index (χ2n) is 5.87. The van der Waals surface area contributed by atoms with E-state index in [4.69, 9.17) is 0 Å². The topological polar surface area (TPSA) is 46.4 Å². The van der Waals surface area contributed by atoms with Gasteiger partial charge in [0.2, 0.25) is 0 Å². The number of hydrogen-bond donors (Lipinski definition) is 1. The van der Waals surface area contributed by atoms with Gasteiger partial charge in [-0.2, -0.15) is 0 Å². The second kappa shape index (κ2) is 6.24. The Morgan fingerprint density at radius 1 is 1.22 bits per heavy atom. The molecule has 0 bridgehead atoms. The van der Waals surface area contributed by atoms with Crippen LogP contribution in [0.15, 0.2) is 42.6 Å². The summed E-state index contributed by atoms with van der Waals surface area (Å²) in [6, 6.07) is 11.8. The third kappa shape index (κ3) is 2.97. The first-order valence-corrected chi connectivity index (χ1v) is 7.94. The number of fused-ring (bicyclic) bond motifs is 1. The first-order valence-electron chi connectivity index (χ1n) is 7.94. The van der Waals surface area contributed by atoms with Crippen LogP contribution in [-0.4, -0.2) is 15.3 Å². The molecule has 2 aromatic heterocycles. The molecule has 1 amide bonds. The van der Waals surface area contributed by atoms with Crippen LogP contribution in [0.25, 0.3) is 5.65 Å². The van der Waals surface area contributed by atoms with Gasteiger partial charge in [-0.1, -0.05) is 31.5 Å². The first-order chi connectivity index (χ1) is 11.1. The summed E-state index contributed by atoms with van der Waals surface area (Å²) in [5.41, 5.74) is 5.33. The molecule has 3 rings (SSSR count). The molecular weight excluding hydrogens is 286 g/mol. The van der Waals surface area contributed by atoms with Crippen molar-refractivity contribution in [3.63, 3.8) is 0 Å². The SMILES string of the molecule is CCCc1nc2c(C)cccn2c1C(=O)Nc1cccc(C)c1. The van der Waals surface area contributed by atoms with E-state index >= 15 is 0 Å². The fourth-order valence-corrected chi connectivity index (χ4v) is 2.82. The van der Waals surface area contributed by atoms with Crippen molar-refractivity contribution in [2.24, 2.45) is 0 Å². The summed E-state index contributed by atoms with van der Waals surface area (Å²) in [4.78, 5) is 17.5. The largest absolute Gasteiger partial charge is 0.321 e. The number of amides is 1. The molecule has 118 valence electrons. The van der Waals surface area contributed by atoms with E-state index in [0.717, 1.165) is 41.0 Å². The third-order valence-electron chi connectivity index (χ3n) is 3.90. The van der Waals surface area contributed by atoms with E-state index in [1.807, 2.05) is 60.8 Å². The smallest absolute Gasteiger partial charge is 0.274 e. The van der Waals surface area contributed by atoms with Crippen LogP contribution in [0.5, 0.6) is 0 Å². The van der Waals surface area contributed by atoms with E-state index in [-0.39, 0.29) is 5.91 Å². The van der Waals surface area contributed by atoms with E-state index in [1.165, 1.54) is 0 Å². The molecular formula is C19H21N3O. The van der Waals surface area contributed by atoms with Gasteiger partial charge in [-0.25, -0.2) is 4.98 Å². The zero-order valence-electron chi connectivity index (χ0n) is 13.8. The van der Waals surface area contributed by atoms with Gasteiger partial charge in [-0.15, -0.1) is 0 Å². The number of anilines is 1. The molecule has 0 radical (unpaired) electrons. The van der Waals surface area contributed by atoms with Crippen molar-refractivity contribution in [2.45, 2.75) is 33.6 Å². The predicted molar refractivity (Wildman–Crippen MR) is 93.1 cm³/mol. The molecule has 4 heteroatoms. The predicted octanol–water partition coefficient (Wildman–Crippen LogP) is 4.16. The molecule has 0 aliphatic heterocycles. The molecule has 0 fully saturated rings. The van der Waals surface area contributed by atoms with E-state index in [9.17, 15) is 4.79 Å². The highest BCUT2D eigenvalue weighted by atomic mass is 16.2. The molecule has 0 atom stereocenters. The normalized spacial score (nSPS) is 10.9. The number of hydrogen-bond acceptors (Lipinski definition) is 2. The highest BCUT2D eigenvalue weighted by Crippen LogP contribution is 2.19. The zero-order chi connectivity index (χ0) is 16.4. The summed E-state index contributed by atoms with van der Waals surface area (Å²) in [6.07, 6.45) is 3.64. The Balaban J connectivity index is 2.05. The van der Waals surface area contributed by atoms with Gasteiger partial charge in [0.15, 0.2) is 0 Å². The van der Waals surface area contributed by atoms with Crippen molar-refractivity contribution in [1.82, 2.24) is 9.38 Å². The summed E-state index contributed by atoms with van der Waals surface area (Å²) >= 11 is 0. The van der Waals surface area contributed by atoms with Crippen molar-refractivity contribution in [3.05, 3.63) is 65.1 Å². The van der Waals surface area contributed by atoms with Gasteiger partial charge in [-0.05, 0) is 49.6 Å². The Morgan fingerprint density at radius 3 is 2.78 bits per heavy atom. The van der Waals surface area contributed by atoms with Crippen LogP contribution in [0, 0.1) is 13.8 Å². The molecule has 0 spiro atoms. The fraction of sp³-hybridized carbons (Fsp3) is 0.263. The minimum absolute atomic E-state index is 0.114. The Kier molecular flexibility index (Phi) is 4.15. The number of carbonyl (C=O) groups is 1. The molecule has 1 N–H and O–H groups in total. The second-order valence-corrected chi connectivity index (χ2v) is 5.87. The monoisotopic (exact) mass is 307 g/mol. The average molecular weight is 307 g/mol. The van der Waals surface area contributed by atoms with Gasteiger partial charge in [0, 0.05) is 11.9 Å². The number of aromatic nitrogens is 2. The van der Waals surface area contributed by atoms with Gasteiger partial charge in [0.1, 0.15) is 11.3 Å². The van der Waals surface area contributed by atoms with Crippen molar-refractivity contribution >= 4 is 17.2 Å². The van der Waals surface area contributed by atoms with Crippen molar-refractivity contribution < 1.29 is 4.79 Å². The molecule has 0 aliphatic carbocycles. The zero-order valence-corrected chi connectivity index (χ0v) is 13.8. The molecule has 0 saturated carbocycles. The van der Waals surface area contributed by atoms with Crippen LogP contribution < -0.4 is 5.32 Å². The number of rotatable bonds is 4. The maximum atomic E-state index is 12.8. The number of carbonyl (C=O) groups excluding carboxylic acids is 1. The molecule has 4 nitrogen and oxygen atoms in total. The van der Waals surface area contributed by atoms with Crippen molar-refractivity contribution in [1.29, 1.82) is 0 Å². The van der Waals surface area contributed by atoms with E-state index < -0.39 is 0 Å².